The molecule has 1 heterocycles. The Morgan fingerprint density at radius 1 is 1.00 bits per heavy atom. The highest BCUT2D eigenvalue weighted by molar-refractivity contribution is 5.84. The first-order valence-electron chi connectivity index (χ1n) is 6.58. The van der Waals surface area contributed by atoms with Crippen LogP contribution < -0.4 is 5.63 Å². The molecule has 3 rings (SSSR count). The fraction of sp³-hybridized carbons (Fsp3) is 0.118. The van der Waals surface area contributed by atoms with Gasteiger partial charge >= 0.3 is 11.8 Å². The first kappa shape index (κ1) is 14.4. The summed E-state index contributed by atoms with van der Waals surface area (Å²) in [5, 5.41) is 0.885. The van der Waals surface area contributed by atoms with Gasteiger partial charge in [0.05, 0.1) is 10.9 Å². The van der Waals surface area contributed by atoms with Crippen molar-refractivity contribution < 1.29 is 17.6 Å². The lowest BCUT2D eigenvalue weighted by molar-refractivity contribution is -0.137. The van der Waals surface area contributed by atoms with Gasteiger partial charge in [-0.2, -0.15) is 13.2 Å². The molecule has 2 aromatic carbocycles. The molecule has 0 bridgehead atoms. The zero-order valence-electron chi connectivity index (χ0n) is 11.6. The summed E-state index contributed by atoms with van der Waals surface area (Å²) in [6.07, 6.45) is -4.52. The molecule has 0 saturated heterocycles. The molecule has 0 unspecified atom stereocenters. The zero-order chi connectivity index (χ0) is 15.9. The van der Waals surface area contributed by atoms with E-state index in [0.29, 0.717) is 10.8 Å². The number of fused-ring (bicyclic) bond motifs is 1. The Morgan fingerprint density at radius 3 is 2.45 bits per heavy atom. The molecule has 22 heavy (non-hydrogen) atoms. The molecule has 0 aliphatic heterocycles. The molecule has 0 spiro atoms. The molecule has 0 atom stereocenters. The van der Waals surface area contributed by atoms with Crippen molar-refractivity contribution in [3.8, 4) is 11.3 Å². The number of rotatable bonds is 1. The van der Waals surface area contributed by atoms with Crippen molar-refractivity contribution in [3.05, 3.63) is 70.1 Å². The average Bonchev–Trinajstić information content (AvgIpc) is 2.45. The van der Waals surface area contributed by atoms with E-state index in [-0.39, 0.29) is 16.9 Å². The molecule has 2 nitrogen and oxygen atoms in total. The second-order valence-electron chi connectivity index (χ2n) is 4.98. The molecule has 0 amide bonds. The third-order valence-electron chi connectivity index (χ3n) is 3.49. The van der Waals surface area contributed by atoms with Crippen LogP contribution >= 0.6 is 0 Å². The average molecular weight is 304 g/mol. The third kappa shape index (κ3) is 2.39. The highest BCUT2D eigenvalue weighted by Gasteiger charge is 2.36. The van der Waals surface area contributed by atoms with Gasteiger partial charge in [0.25, 0.3) is 0 Å². The van der Waals surface area contributed by atoms with Gasteiger partial charge in [-0.15, -0.1) is 0 Å². The number of hydrogen-bond donors (Lipinski definition) is 0. The van der Waals surface area contributed by atoms with E-state index in [2.05, 4.69) is 0 Å². The van der Waals surface area contributed by atoms with Crippen molar-refractivity contribution in [1.29, 1.82) is 0 Å². The molecule has 112 valence electrons. The summed E-state index contributed by atoms with van der Waals surface area (Å²) in [6, 6.07) is 12.3. The maximum Gasteiger partial charge on any atom is 0.417 e. The van der Waals surface area contributed by atoms with Gasteiger partial charge in [0.2, 0.25) is 0 Å². The van der Waals surface area contributed by atoms with Crippen molar-refractivity contribution in [2.75, 3.05) is 0 Å². The molecule has 0 aliphatic carbocycles. The van der Waals surface area contributed by atoms with Gasteiger partial charge in [0, 0.05) is 5.56 Å². The smallest absolute Gasteiger partial charge is 0.417 e. The van der Waals surface area contributed by atoms with E-state index < -0.39 is 17.4 Å². The highest BCUT2D eigenvalue weighted by atomic mass is 19.4. The molecule has 3 aromatic rings. The monoisotopic (exact) mass is 304 g/mol. The molecule has 1 aromatic heterocycles. The first-order valence-corrected chi connectivity index (χ1v) is 6.58. The summed E-state index contributed by atoms with van der Waals surface area (Å²) in [5.41, 5.74) is -1.48. The van der Waals surface area contributed by atoms with Crippen LogP contribution in [0, 0.1) is 6.92 Å². The Morgan fingerprint density at radius 2 is 1.73 bits per heavy atom. The van der Waals surface area contributed by atoms with Crippen molar-refractivity contribution in [3.63, 3.8) is 0 Å². The standard InChI is InChI=1S/C17H11F3O2/c1-10-5-4-8-13(15(10)17(18,19)20)14-9-11-6-2-3-7-12(11)16(21)22-14/h2-9H,1H3. The quantitative estimate of drug-likeness (QED) is 0.647. The summed E-state index contributed by atoms with van der Waals surface area (Å²) in [5.74, 6) is -0.0836. The first-order chi connectivity index (χ1) is 10.4. The maximum absolute atomic E-state index is 13.3. The van der Waals surface area contributed by atoms with Gasteiger partial charge in [-0.25, -0.2) is 4.79 Å². The number of alkyl halides is 3. The predicted molar refractivity (Wildman–Crippen MR) is 77.7 cm³/mol. The van der Waals surface area contributed by atoms with Crippen molar-refractivity contribution >= 4 is 10.8 Å². The van der Waals surface area contributed by atoms with Gasteiger partial charge in [0.15, 0.2) is 0 Å². The lowest BCUT2D eigenvalue weighted by Crippen LogP contribution is -2.10. The maximum atomic E-state index is 13.3. The summed E-state index contributed by atoms with van der Waals surface area (Å²) in [4.78, 5) is 12.0. The second kappa shape index (κ2) is 5.02. The minimum Gasteiger partial charge on any atom is -0.422 e. The topological polar surface area (TPSA) is 30.2 Å². The lowest BCUT2D eigenvalue weighted by Gasteiger charge is -2.15. The van der Waals surface area contributed by atoms with Gasteiger partial charge in [-0.3, -0.25) is 0 Å². The molecular formula is C17H11F3O2. The molecule has 0 N–H and O–H groups in total. The van der Waals surface area contributed by atoms with Gasteiger partial charge in [-0.05, 0) is 30.0 Å². The van der Waals surface area contributed by atoms with Crippen LogP contribution in [0.2, 0.25) is 0 Å². The number of aryl methyl sites for hydroxylation is 1. The van der Waals surface area contributed by atoms with Crippen LogP contribution in [0.15, 0.2) is 57.7 Å². The summed E-state index contributed by atoms with van der Waals surface area (Å²) in [7, 11) is 0. The van der Waals surface area contributed by atoms with Gasteiger partial charge in [-0.1, -0.05) is 36.4 Å². The number of halogens is 3. The van der Waals surface area contributed by atoms with E-state index in [1.54, 1.807) is 24.3 Å². The normalized spacial score (nSPS) is 11.8. The van der Waals surface area contributed by atoms with Crippen LogP contribution in [0.1, 0.15) is 11.1 Å². The van der Waals surface area contributed by atoms with Crippen LogP contribution in [-0.2, 0) is 6.18 Å². The van der Waals surface area contributed by atoms with E-state index in [1.165, 1.54) is 31.2 Å². The van der Waals surface area contributed by atoms with Crippen LogP contribution in [0.25, 0.3) is 22.1 Å². The Labute approximate surface area is 123 Å². The molecular weight excluding hydrogens is 293 g/mol. The molecule has 0 fully saturated rings. The number of benzene rings is 2. The summed E-state index contributed by atoms with van der Waals surface area (Å²) < 4.78 is 45.0. The fourth-order valence-corrected chi connectivity index (χ4v) is 2.52. The van der Waals surface area contributed by atoms with Gasteiger partial charge < -0.3 is 4.42 Å². The predicted octanol–water partition coefficient (Wildman–Crippen LogP) is 4.79. The minimum absolute atomic E-state index is 0.0836. The van der Waals surface area contributed by atoms with Gasteiger partial charge in [0.1, 0.15) is 5.76 Å². The van der Waals surface area contributed by atoms with E-state index in [0.717, 1.165) is 0 Å². The molecule has 0 aliphatic rings. The van der Waals surface area contributed by atoms with E-state index in [4.69, 9.17) is 4.42 Å². The fourth-order valence-electron chi connectivity index (χ4n) is 2.52. The van der Waals surface area contributed by atoms with Crippen LogP contribution in [0.4, 0.5) is 13.2 Å². The Hall–Kier alpha value is -2.56. The Balaban J connectivity index is 2.34. The minimum atomic E-state index is -4.52. The van der Waals surface area contributed by atoms with Crippen LogP contribution in [0.3, 0.4) is 0 Å². The van der Waals surface area contributed by atoms with Crippen molar-refractivity contribution in [2.45, 2.75) is 13.1 Å². The van der Waals surface area contributed by atoms with E-state index in [1.807, 2.05) is 0 Å². The highest BCUT2D eigenvalue weighted by Crippen LogP contribution is 2.39. The molecule has 0 radical (unpaired) electrons. The van der Waals surface area contributed by atoms with Crippen molar-refractivity contribution in [1.82, 2.24) is 0 Å². The summed E-state index contributed by atoms with van der Waals surface area (Å²) in [6.45, 7) is 1.38. The number of hydrogen-bond acceptors (Lipinski definition) is 2. The third-order valence-corrected chi connectivity index (χ3v) is 3.49. The lowest BCUT2D eigenvalue weighted by atomic mass is 9.98. The Kier molecular flexibility index (Phi) is 3.28. The Bertz CT molecular complexity index is 908. The van der Waals surface area contributed by atoms with Crippen LogP contribution in [0.5, 0.6) is 0 Å². The summed E-state index contributed by atoms with van der Waals surface area (Å²) >= 11 is 0. The van der Waals surface area contributed by atoms with Crippen LogP contribution in [-0.4, -0.2) is 0 Å². The molecule has 0 saturated carbocycles. The largest absolute Gasteiger partial charge is 0.422 e. The van der Waals surface area contributed by atoms with E-state index >= 15 is 0 Å². The second-order valence-corrected chi connectivity index (χ2v) is 4.98. The molecule has 5 heteroatoms. The van der Waals surface area contributed by atoms with E-state index in [9.17, 15) is 18.0 Å². The zero-order valence-corrected chi connectivity index (χ0v) is 11.6. The van der Waals surface area contributed by atoms with Crippen molar-refractivity contribution in [2.24, 2.45) is 0 Å². The SMILES string of the molecule is Cc1cccc(-c2cc3ccccc3c(=O)o2)c1C(F)(F)F.